The van der Waals surface area contributed by atoms with Crippen LogP contribution in [0.25, 0.3) is 0 Å². The number of rotatable bonds is 7. The molecule has 2 N–H and O–H groups in total. The minimum atomic E-state index is -2.06. The molecule has 0 aliphatic carbocycles. The maximum Gasteiger partial charge on any atom is 0.408 e. The number of alkyl carbamates (subject to hydrolysis) is 1. The zero-order valence-electron chi connectivity index (χ0n) is 12.4. The second kappa shape index (κ2) is 8.38. The molecule has 0 saturated carbocycles. The molecule has 0 aliphatic rings. The standard InChI is InChI=1S/C15H16N2O6/c1-11(18)23-10-15(7-8-16,13(19)20)17-14(21)22-9-12-5-3-2-4-6-12/h2-6H,7,9-10H2,1H3,(H,17,21)(H,19,20)/t15-/m0/s1. The van der Waals surface area contributed by atoms with E-state index in [-0.39, 0.29) is 6.61 Å². The maximum absolute atomic E-state index is 11.8. The molecule has 0 spiro atoms. The van der Waals surface area contributed by atoms with Crippen molar-refractivity contribution in [1.29, 1.82) is 5.26 Å². The van der Waals surface area contributed by atoms with Gasteiger partial charge < -0.3 is 19.9 Å². The fourth-order valence-corrected chi connectivity index (χ4v) is 1.64. The monoisotopic (exact) mass is 320 g/mol. The Morgan fingerprint density at radius 3 is 2.43 bits per heavy atom. The smallest absolute Gasteiger partial charge is 0.408 e. The van der Waals surface area contributed by atoms with Crippen molar-refractivity contribution in [1.82, 2.24) is 5.32 Å². The van der Waals surface area contributed by atoms with E-state index in [1.54, 1.807) is 36.4 Å². The van der Waals surface area contributed by atoms with E-state index in [4.69, 9.17) is 10.00 Å². The Morgan fingerprint density at radius 2 is 1.91 bits per heavy atom. The molecule has 1 atom stereocenters. The first kappa shape index (κ1) is 18.0. The third-order valence-electron chi connectivity index (χ3n) is 2.87. The number of carboxylic acids is 1. The predicted octanol–water partition coefficient (Wildman–Crippen LogP) is 1.21. The molecule has 0 saturated heterocycles. The number of ether oxygens (including phenoxy) is 2. The average molecular weight is 320 g/mol. The first-order valence-electron chi connectivity index (χ1n) is 6.62. The van der Waals surface area contributed by atoms with Crippen LogP contribution in [0.1, 0.15) is 18.9 Å². The molecule has 0 unspecified atom stereocenters. The summed E-state index contributed by atoms with van der Waals surface area (Å²) >= 11 is 0. The summed E-state index contributed by atoms with van der Waals surface area (Å²) in [6.07, 6.45) is -1.62. The van der Waals surface area contributed by atoms with Crippen molar-refractivity contribution < 1.29 is 29.0 Å². The Bertz CT molecular complexity index is 610. The minimum Gasteiger partial charge on any atom is -0.479 e. The van der Waals surface area contributed by atoms with Crippen LogP contribution in [0.2, 0.25) is 0 Å². The Balaban J connectivity index is 2.74. The molecule has 0 radical (unpaired) electrons. The predicted molar refractivity (Wildman–Crippen MR) is 77.0 cm³/mol. The topological polar surface area (TPSA) is 126 Å². The number of nitriles is 1. The zero-order valence-corrected chi connectivity index (χ0v) is 12.4. The number of esters is 1. The number of carbonyl (C=O) groups excluding carboxylic acids is 2. The highest BCUT2D eigenvalue weighted by atomic mass is 16.6. The fourth-order valence-electron chi connectivity index (χ4n) is 1.64. The van der Waals surface area contributed by atoms with Gasteiger partial charge >= 0.3 is 18.0 Å². The normalized spacial score (nSPS) is 12.3. The molecular weight excluding hydrogens is 304 g/mol. The summed E-state index contributed by atoms with van der Waals surface area (Å²) in [4.78, 5) is 34.1. The summed E-state index contributed by atoms with van der Waals surface area (Å²) in [5.41, 5.74) is -1.35. The van der Waals surface area contributed by atoms with E-state index < -0.39 is 36.6 Å². The highest BCUT2D eigenvalue weighted by Gasteiger charge is 2.42. The van der Waals surface area contributed by atoms with Crippen molar-refractivity contribution >= 4 is 18.0 Å². The summed E-state index contributed by atoms with van der Waals surface area (Å²) < 4.78 is 9.57. The summed E-state index contributed by atoms with van der Waals surface area (Å²) in [5.74, 6) is -2.23. The van der Waals surface area contributed by atoms with Crippen LogP contribution in [-0.2, 0) is 25.7 Å². The molecule has 1 aromatic rings. The van der Waals surface area contributed by atoms with Crippen molar-refractivity contribution in [3.05, 3.63) is 35.9 Å². The second-order valence-corrected chi connectivity index (χ2v) is 4.69. The molecular formula is C15H16N2O6. The lowest BCUT2D eigenvalue weighted by atomic mass is 9.97. The Morgan fingerprint density at radius 1 is 1.26 bits per heavy atom. The van der Waals surface area contributed by atoms with Crippen molar-refractivity contribution in [2.75, 3.05) is 6.61 Å². The molecule has 0 aromatic heterocycles. The number of carboxylic acid groups (broad SMARTS) is 1. The number of benzene rings is 1. The van der Waals surface area contributed by atoms with E-state index in [0.717, 1.165) is 6.92 Å². The Labute approximate surface area is 132 Å². The fraction of sp³-hybridized carbons (Fsp3) is 0.333. The van der Waals surface area contributed by atoms with Crippen LogP contribution in [0.4, 0.5) is 4.79 Å². The largest absolute Gasteiger partial charge is 0.479 e. The quantitative estimate of drug-likeness (QED) is 0.723. The molecule has 0 aliphatic heterocycles. The van der Waals surface area contributed by atoms with E-state index in [9.17, 15) is 19.5 Å². The van der Waals surface area contributed by atoms with Gasteiger partial charge in [-0.15, -0.1) is 0 Å². The second-order valence-electron chi connectivity index (χ2n) is 4.69. The lowest BCUT2D eigenvalue weighted by Crippen LogP contribution is -2.58. The van der Waals surface area contributed by atoms with E-state index in [1.807, 2.05) is 0 Å². The molecule has 8 heteroatoms. The lowest BCUT2D eigenvalue weighted by Gasteiger charge is -2.26. The third kappa shape index (κ3) is 5.67. The van der Waals surface area contributed by atoms with Crippen LogP contribution in [0.3, 0.4) is 0 Å². The zero-order chi connectivity index (χ0) is 17.3. The van der Waals surface area contributed by atoms with Gasteiger partial charge in [-0.3, -0.25) is 4.79 Å². The van der Waals surface area contributed by atoms with Gasteiger partial charge in [-0.25, -0.2) is 9.59 Å². The molecule has 1 amide bonds. The van der Waals surface area contributed by atoms with E-state index in [1.165, 1.54) is 0 Å². The Hall–Kier alpha value is -3.08. The summed E-state index contributed by atoms with van der Waals surface area (Å²) in [6, 6.07) is 10.4. The van der Waals surface area contributed by atoms with Crippen LogP contribution in [0.5, 0.6) is 0 Å². The van der Waals surface area contributed by atoms with Crippen molar-refractivity contribution in [2.24, 2.45) is 0 Å². The molecule has 23 heavy (non-hydrogen) atoms. The number of amides is 1. The lowest BCUT2D eigenvalue weighted by molar-refractivity contribution is -0.152. The first-order chi connectivity index (χ1) is 10.9. The number of carbonyl (C=O) groups is 3. The van der Waals surface area contributed by atoms with Gasteiger partial charge in [0.25, 0.3) is 0 Å². The van der Waals surface area contributed by atoms with Gasteiger partial charge in [0.15, 0.2) is 5.54 Å². The summed E-state index contributed by atoms with van der Waals surface area (Å²) in [5, 5.41) is 20.2. The summed E-state index contributed by atoms with van der Waals surface area (Å²) in [7, 11) is 0. The van der Waals surface area contributed by atoms with Gasteiger partial charge in [0.05, 0.1) is 12.5 Å². The van der Waals surface area contributed by atoms with Crippen LogP contribution >= 0.6 is 0 Å². The van der Waals surface area contributed by atoms with Crippen molar-refractivity contribution in [2.45, 2.75) is 25.5 Å². The number of hydrogen-bond donors (Lipinski definition) is 2. The molecule has 8 nitrogen and oxygen atoms in total. The molecule has 1 rings (SSSR count). The van der Waals surface area contributed by atoms with E-state index >= 15 is 0 Å². The molecule has 0 heterocycles. The number of nitrogens with zero attached hydrogens (tertiary/aromatic N) is 1. The number of aliphatic carboxylic acids is 1. The van der Waals surface area contributed by atoms with Crippen molar-refractivity contribution in [3.63, 3.8) is 0 Å². The highest BCUT2D eigenvalue weighted by molar-refractivity contribution is 5.85. The van der Waals surface area contributed by atoms with Gasteiger partial charge in [0.2, 0.25) is 0 Å². The molecule has 1 aromatic carbocycles. The van der Waals surface area contributed by atoms with E-state index in [0.29, 0.717) is 5.56 Å². The van der Waals surface area contributed by atoms with Gasteiger partial charge in [0, 0.05) is 6.92 Å². The average Bonchev–Trinajstić information content (AvgIpc) is 2.51. The van der Waals surface area contributed by atoms with Crippen LogP contribution < -0.4 is 5.32 Å². The van der Waals surface area contributed by atoms with Gasteiger partial charge in [0.1, 0.15) is 13.2 Å². The molecule has 122 valence electrons. The number of hydrogen-bond acceptors (Lipinski definition) is 6. The molecule has 0 fully saturated rings. The maximum atomic E-state index is 11.8. The highest BCUT2D eigenvalue weighted by Crippen LogP contribution is 2.13. The van der Waals surface area contributed by atoms with Gasteiger partial charge in [-0.2, -0.15) is 5.26 Å². The third-order valence-corrected chi connectivity index (χ3v) is 2.87. The summed E-state index contributed by atoms with van der Waals surface area (Å²) in [6.45, 7) is 0.348. The van der Waals surface area contributed by atoms with E-state index in [2.05, 4.69) is 10.1 Å². The van der Waals surface area contributed by atoms with Gasteiger partial charge in [-0.05, 0) is 5.56 Å². The first-order valence-corrected chi connectivity index (χ1v) is 6.62. The van der Waals surface area contributed by atoms with Crippen molar-refractivity contribution in [3.8, 4) is 6.07 Å². The SMILES string of the molecule is CC(=O)OC[C@](CC#N)(NC(=O)OCc1ccccc1)C(=O)O. The molecule has 0 bridgehead atoms. The van der Waals surface area contributed by atoms with Crippen LogP contribution in [0, 0.1) is 11.3 Å². The Kier molecular flexibility index (Phi) is 6.55. The minimum absolute atomic E-state index is 0.0670. The van der Waals surface area contributed by atoms with Crippen LogP contribution in [-0.4, -0.2) is 35.3 Å². The van der Waals surface area contributed by atoms with Crippen LogP contribution in [0.15, 0.2) is 30.3 Å². The number of nitrogens with one attached hydrogen (secondary N) is 1. The van der Waals surface area contributed by atoms with Gasteiger partial charge in [-0.1, -0.05) is 30.3 Å².